The molecule has 0 aliphatic rings. The van der Waals surface area contributed by atoms with E-state index < -0.39 is 16.8 Å². The maximum atomic E-state index is 12.4. The fourth-order valence-corrected chi connectivity index (χ4v) is 2.12. The summed E-state index contributed by atoms with van der Waals surface area (Å²) < 4.78 is 4.99. The number of carbonyl (C=O) groups excluding carboxylic acids is 2. The first kappa shape index (κ1) is 17.1. The van der Waals surface area contributed by atoms with E-state index in [0.29, 0.717) is 17.4 Å². The molecule has 8 heteroatoms. The van der Waals surface area contributed by atoms with Crippen LogP contribution in [0.4, 0.5) is 5.69 Å². The minimum atomic E-state index is -0.576. The number of hydrogen-bond acceptors (Lipinski definition) is 5. The van der Waals surface area contributed by atoms with E-state index >= 15 is 0 Å². The van der Waals surface area contributed by atoms with E-state index in [4.69, 9.17) is 0 Å². The van der Waals surface area contributed by atoms with Crippen LogP contribution in [0.1, 0.15) is 23.7 Å². The monoisotopic (exact) mass is 358 g/mol. The summed E-state index contributed by atoms with van der Waals surface area (Å²) in [7, 11) is 1.24. The number of non-ortho nitro benzene ring substituents is 1. The van der Waals surface area contributed by atoms with Crippen molar-refractivity contribution in [3.05, 3.63) is 38.3 Å². The van der Waals surface area contributed by atoms with Crippen molar-refractivity contribution in [3.8, 4) is 0 Å². The number of nitrogens with zero attached hydrogens (tertiary/aromatic N) is 2. The minimum Gasteiger partial charge on any atom is -0.468 e. The van der Waals surface area contributed by atoms with Gasteiger partial charge in [-0.1, -0.05) is 6.92 Å². The van der Waals surface area contributed by atoms with Crippen molar-refractivity contribution in [1.82, 2.24) is 4.90 Å². The number of nitro benzene ring substituents is 1. The number of halogens is 1. The number of esters is 1. The molecule has 0 unspecified atom stereocenters. The third kappa shape index (κ3) is 4.52. The molecule has 0 saturated heterocycles. The molecule has 0 N–H and O–H groups in total. The number of methoxy groups -OCH3 is 1. The Balaban J connectivity index is 3.10. The average molecular weight is 359 g/mol. The molecule has 114 valence electrons. The Morgan fingerprint density at radius 2 is 2.10 bits per heavy atom. The molecule has 0 aliphatic carbocycles. The number of ether oxygens (including phenoxy) is 1. The highest BCUT2D eigenvalue weighted by atomic mass is 79.9. The minimum absolute atomic E-state index is 0.140. The summed E-state index contributed by atoms with van der Waals surface area (Å²) in [5, 5.41) is 10.8. The van der Waals surface area contributed by atoms with E-state index in [-0.39, 0.29) is 17.8 Å². The number of hydrogen-bond donors (Lipinski definition) is 0. The summed E-state index contributed by atoms with van der Waals surface area (Å²) >= 11 is 3.20. The zero-order valence-corrected chi connectivity index (χ0v) is 13.3. The Morgan fingerprint density at radius 3 is 2.62 bits per heavy atom. The van der Waals surface area contributed by atoms with Gasteiger partial charge in [0.1, 0.15) is 6.54 Å². The van der Waals surface area contributed by atoms with Gasteiger partial charge in [0.05, 0.1) is 17.6 Å². The molecule has 1 rings (SSSR count). The predicted molar refractivity (Wildman–Crippen MR) is 79.0 cm³/mol. The highest BCUT2D eigenvalue weighted by Gasteiger charge is 2.22. The van der Waals surface area contributed by atoms with Crippen LogP contribution in [0.25, 0.3) is 0 Å². The van der Waals surface area contributed by atoms with Crippen LogP contribution in [0.3, 0.4) is 0 Å². The Kier molecular flexibility index (Phi) is 6.29. The molecule has 21 heavy (non-hydrogen) atoms. The number of rotatable bonds is 6. The highest BCUT2D eigenvalue weighted by Crippen LogP contribution is 2.24. The van der Waals surface area contributed by atoms with Crippen LogP contribution in [0.5, 0.6) is 0 Å². The topological polar surface area (TPSA) is 89.8 Å². The molecule has 0 bridgehead atoms. The number of benzene rings is 1. The third-order valence-corrected chi connectivity index (χ3v) is 3.41. The van der Waals surface area contributed by atoms with Gasteiger partial charge in [0, 0.05) is 23.2 Å². The lowest BCUT2D eigenvalue weighted by atomic mass is 10.1. The molecule has 0 spiro atoms. The molecule has 0 aromatic heterocycles. The van der Waals surface area contributed by atoms with Crippen molar-refractivity contribution in [2.75, 3.05) is 20.2 Å². The summed E-state index contributed by atoms with van der Waals surface area (Å²) in [6.45, 7) is 2.02. The molecule has 0 saturated carbocycles. The van der Waals surface area contributed by atoms with Crippen molar-refractivity contribution in [2.24, 2.45) is 0 Å². The van der Waals surface area contributed by atoms with E-state index in [1.807, 2.05) is 6.92 Å². The molecule has 0 aliphatic heterocycles. The lowest BCUT2D eigenvalue weighted by Crippen LogP contribution is -2.37. The molecule has 1 aromatic rings. The van der Waals surface area contributed by atoms with Crippen LogP contribution in [0.15, 0.2) is 22.7 Å². The summed E-state index contributed by atoms with van der Waals surface area (Å²) in [6.07, 6.45) is 0.648. The third-order valence-electron chi connectivity index (χ3n) is 2.72. The molecule has 0 heterocycles. The molecule has 1 amide bonds. The summed E-state index contributed by atoms with van der Waals surface area (Å²) in [4.78, 5) is 35.3. The van der Waals surface area contributed by atoms with Crippen molar-refractivity contribution in [2.45, 2.75) is 13.3 Å². The van der Waals surface area contributed by atoms with Gasteiger partial charge in [-0.25, -0.2) is 0 Å². The Labute approximate surface area is 130 Å². The van der Waals surface area contributed by atoms with Crippen molar-refractivity contribution >= 4 is 33.5 Å². The van der Waals surface area contributed by atoms with Gasteiger partial charge in [0.2, 0.25) is 0 Å². The predicted octanol–water partition coefficient (Wildman–Crippen LogP) is 2.38. The average Bonchev–Trinajstić information content (AvgIpc) is 2.46. The molecule has 0 radical (unpaired) electrons. The Hall–Kier alpha value is -1.96. The van der Waals surface area contributed by atoms with Gasteiger partial charge in [-0.2, -0.15) is 0 Å². The van der Waals surface area contributed by atoms with Gasteiger partial charge in [0.25, 0.3) is 11.6 Å². The first-order chi connectivity index (χ1) is 9.90. The van der Waals surface area contributed by atoms with E-state index in [0.717, 1.165) is 0 Å². The Morgan fingerprint density at radius 1 is 1.43 bits per heavy atom. The zero-order chi connectivity index (χ0) is 16.0. The van der Waals surface area contributed by atoms with E-state index in [1.165, 1.54) is 30.2 Å². The van der Waals surface area contributed by atoms with Crippen molar-refractivity contribution < 1.29 is 19.2 Å². The first-order valence-electron chi connectivity index (χ1n) is 6.20. The standard InChI is InChI=1S/C13H15BrN2O5/c1-3-6-15(8-12(17)21-2)13(18)10-7-9(16(19)20)4-5-11(10)14/h4-5,7H,3,6,8H2,1-2H3. The number of amides is 1. The first-order valence-corrected chi connectivity index (χ1v) is 7.00. The number of nitro groups is 1. The van der Waals surface area contributed by atoms with Gasteiger partial charge < -0.3 is 9.64 Å². The second-order valence-corrected chi connectivity index (χ2v) is 5.08. The van der Waals surface area contributed by atoms with Gasteiger partial charge in [-0.3, -0.25) is 19.7 Å². The fraction of sp³-hybridized carbons (Fsp3) is 0.385. The van der Waals surface area contributed by atoms with Gasteiger partial charge in [0.15, 0.2) is 0 Å². The van der Waals surface area contributed by atoms with Crippen LogP contribution in [0.2, 0.25) is 0 Å². The smallest absolute Gasteiger partial charge is 0.325 e. The molecular formula is C13H15BrN2O5. The maximum absolute atomic E-state index is 12.4. The van der Waals surface area contributed by atoms with Gasteiger partial charge in [-0.05, 0) is 28.4 Å². The van der Waals surface area contributed by atoms with E-state index in [2.05, 4.69) is 20.7 Å². The zero-order valence-electron chi connectivity index (χ0n) is 11.7. The Bertz CT molecular complexity index is 561. The normalized spacial score (nSPS) is 10.0. The second-order valence-electron chi connectivity index (χ2n) is 4.22. The molecule has 0 fully saturated rings. The van der Waals surface area contributed by atoms with Gasteiger partial charge >= 0.3 is 5.97 Å². The lowest BCUT2D eigenvalue weighted by molar-refractivity contribution is -0.384. The number of carbonyl (C=O) groups is 2. The summed E-state index contributed by atoms with van der Waals surface area (Å²) in [6, 6.07) is 3.92. The largest absolute Gasteiger partial charge is 0.468 e. The lowest BCUT2D eigenvalue weighted by Gasteiger charge is -2.21. The summed E-state index contributed by atoms with van der Waals surface area (Å²) in [5.41, 5.74) is -0.0439. The molecule has 7 nitrogen and oxygen atoms in total. The SMILES string of the molecule is CCCN(CC(=O)OC)C(=O)c1cc([N+](=O)[O-])ccc1Br. The maximum Gasteiger partial charge on any atom is 0.325 e. The van der Waals surface area contributed by atoms with Crippen LogP contribution in [-0.4, -0.2) is 41.9 Å². The van der Waals surface area contributed by atoms with Crippen molar-refractivity contribution in [1.29, 1.82) is 0 Å². The van der Waals surface area contributed by atoms with Gasteiger partial charge in [-0.15, -0.1) is 0 Å². The quantitative estimate of drug-likeness (QED) is 0.442. The van der Waals surface area contributed by atoms with Crippen molar-refractivity contribution in [3.63, 3.8) is 0 Å². The fourth-order valence-electron chi connectivity index (χ4n) is 1.70. The molecule has 0 atom stereocenters. The molecular weight excluding hydrogens is 344 g/mol. The highest BCUT2D eigenvalue weighted by molar-refractivity contribution is 9.10. The van der Waals surface area contributed by atoms with Crippen LogP contribution in [-0.2, 0) is 9.53 Å². The van der Waals surface area contributed by atoms with E-state index in [1.54, 1.807) is 0 Å². The van der Waals surface area contributed by atoms with Crippen LogP contribution in [0, 0.1) is 10.1 Å². The second kappa shape index (κ2) is 7.72. The van der Waals surface area contributed by atoms with E-state index in [9.17, 15) is 19.7 Å². The molecule has 1 aromatic carbocycles. The summed E-state index contributed by atoms with van der Waals surface area (Å²) in [5.74, 6) is -1.00. The van der Waals surface area contributed by atoms with Crippen LogP contribution < -0.4 is 0 Å². The van der Waals surface area contributed by atoms with Crippen LogP contribution >= 0.6 is 15.9 Å².